The molecule has 1 fully saturated rings. The quantitative estimate of drug-likeness (QED) is 0.566. The number of aromatic nitrogens is 1. The Bertz CT molecular complexity index is 967. The second-order valence-corrected chi connectivity index (χ2v) is 8.90. The smallest absolute Gasteiger partial charge is 0.254 e. The Kier molecular flexibility index (Phi) is 6.73. The van der Waals surface area contributed by atoms with Crippen LogP contribution in [0.5, 0.6) is 0 Å². The van der Waals surface area contributed by atoms with Crippen LogP contribution in [-0.4, -0.2) is 66.9 Å². The van der Waals surface area contributed by atoms with E-state index in [-0.39, 0.29) is 12.5 Å². The lowest BCUT2D eigenvalue weighted by atomic mass is 10.2. The van der Waals surface area contributed by atoms with Crippen LogP contribution in [0.1, 0.15) is 18.1 Å². The zero-order valence-electron chi connectivity index (χ0n) is 16.6. The van der Waals surface area contributed by atoms with Gasteiger partial charge in [-0.15, -0.1) is 0 Å². The number of aryl methyl sites for hydroxylation is 1. The molecule has 2 aromatic rings. The minimum atomic E-state index is -3.50. The SMILES string of the molecule is C/C(=N/NC(=O)CN1CCN(S(=O)(=O)c2ccc(C)cc2)CC1)c1ccncc1. The highest BCUT2D eigenvalue weighted by Gasteiger charge is 2.28. The number of amides is 1. The topological polar surface area (TPSA) is 95.0 Å². The highest BCUT2D eigenvalue weighted by molar-refractivity contribution is 7.89. The Labute approximate surface area is 171 Å². The van der Waals surface area contributed by atoms with Gasteiger partial charge in [-0.3, -0.25) is 14.7 Å². The molecule has 1 saturated heterocycles. The first-order valence-corrected chi connectivity index (χ1v) is 10.8. The molecular formula is C20H25N5O3S. The Morgan fingerprint density at radius 2 is 1.69 bits per heavy atom. The van der Waals surface area contributed by atoms with Crippen LogP contribution in [0.25, 0.3) is 0 Å². The third kappa shape index (κ3) is 5.47. The second kappa shape index (κ2) is 9.25. The van der Waals surface area contributed by atoms with Crippen LogP contribution >= 0.6 is 0 Å². The number of nitrogens with one attached hydrogen (secondary N) is 1. The number of rotatable bonds is 6. The molecule has 0 atom stereocenters. The summed E-state index contributed by atoms with van der Waals surface area (Å²) in [4.78, 5) is 18.4. The Balaban J connectivity index is 1.50. The van der Waals surface area contributed by atoms with Gasteiger partial charge < -0.3 is 0 Å². The van der Waals surface area contributed by atoms with E-state index in [0.717, 1.165) is 11.1 Å². The highest BCUT2D eigenvalue weighted by atomic mass is 32.2. The summed E-state index contributed by atoms with van der Waals surface area (Å²) < 4.78 is 27.0. The van der Waals surface area contributed by atoms with Gasteiger partial charge in [0.1, 0.15) is 0 Å². The number of pyridine rings is 1. The zero-order chi connectivity index (χ0) is 20.9. The van der Waals surface area contributed by atoms with Crippen LogP contribution in [0, 0.1) is 6.92 Å². The number of carbonyl (C=O) groups is 1. The standard InChI is InChI=1S/C20H25N5O3S/c1-16-3-5-19(6-4-16)29(27,28)25-13-11-24(12-14-25)15-20(26)23-22-17(2)18-7-9-21-10-8-18/h3-10H,11-15H2,1-2H3,(H,23,26)/b22-17-. The summed E-state index contributed by atoms with van der Waals surface area (Å²) in [5.74, 6) is -0.228. The van der Waals surface area contributed by atoms with Crippen molar-refractivity contribution in [2.45, 2.75) is 18.7 Å². The number of hydrazone groups is 1. The monoisotopic (exact) mass is 415 g/mol. The van der Waals surface area contributed by atoms with E-state index in [1.165, 1.54) is 4.31 Å². The normalized spacial score (nSPS) is 16.6. The van der Waals surface area contributed by atoms with Crippen molar-refractivity contribution in [2.24, 2.45) is 5.10 Å². The number of benzene rings is 1. The van der Waals surface area contributed by atoms with Gasteiger partial charge in [-0.05, 0) is 38.1 Å². The summed E-state index contributed by atoms with van der Waals surface area (Å²) in [6.07, 6.45) is 3.33. The average molecular weight is 416 g/mol. The van der Waals surface area contributed by atoms with Crippen molar-refractivity contribution in [3.05, 3.63) is 59.9 Å². The van der Waals surface area contributed by atoms with E-state index < -0.39 is 10.0 Å². The molecule has 3 rings (SSSR count). The molecule has 1 aromatic heterocycles. The minimum Gasteiger partial charge on any atom is -0.292 e. The molecule has 1 amide bonds. The molecule has 8 nitrogen and oxygen atoms in total. The number of hydrogen-bond acceptors (Lipinski definition) is 6. The van der Waals surface area contributed by atoms with Crippen LogP contribution in [0.4, 0.5) is 0 Å². The van der Waals surface area contributed by atoms with Gasteiger partial charge in [-0.2, -0.15) is 9.41 Å². The molecule has 2 heterocycles. The lowest BCUT2D eigenvalue weighted by Crippen LogP contribution is -2.50. The molecule has 154 valence electrons. The number of piperazine rings is 1. The largest absolute Gasteiger partial charge is 0.292 e. The van der Waals surface area contributed by atoms with Crippen molar-refractivity contribution in [1.29, 1.82) is 0 Å². The molecule has 9 heteroatoms. The lowest BCUT2D eigenvalue weighted by Gasteiger charge is -2.33. The molecule has 1 aliphatic rings. The predicted octanol–water partition coefficient (Wildman–Crippen LogP) is 1.24. The average Bonchev–Trinajstić information content (AvgIpc) is 2.73. The molecule has 0 unspecified atom stereocenters. The highest BCUT2D eigenvalue weighted by Crippen LogP contribution is 2.18. The van der Waals surface area contributed by atoms with Gasteiger partial charge in [-0.25, -0.2) is 13.8 Å². The summed E-state index contributed by atoms with van der Waals surface area (Å²) in [7, 11) is -3.50. The molecule has 0 saturated carbocycles. The van der Waals surface area contributed by atoms with Crippen LogP contribution in [-0.2, 0) is 14.8 Å². The molecule has 0 radical (unpaired) electrons. The first kappa shape index (κ1) is 21.1. The van der Waals surface area contributed by atoms with Crippen molar-refractivity contribution < 1.29 is 13.2 Å². The van der Waals surface area contributed by atoms with Gasteiger partial charge in [0.05, 0.1) is 17.2 Å². The lowest BCUT2D eigenvalue weighted by molar-refractivity contribution is -0.122. The van der Waals surface area contributed by atoms with Crippen LogP contribution in [0.3, 0.4) is 0 Å². The molecule has 1 aromatic carbocycles. The molecule has 1 N–H and O–H groups in total. The van der Waals surface area contributed by atoms with Gasteiger partial charge in [-0.1, -0.05) is 17.7 Å². The summed E-state index contributed by atoms with van der Waals surface area (Å²) in [5, 5.41) is 4.12. The third-order valence-corrected chi connectivity index (χ3v) is 6.72. The number of sulfonamides is 1. The zero-order valence-corrected chi connectivity index (χ0v) is 17.4. The van der Waals surface area contributed by atoms with E-state index in [9.17, 15) is 13.2 Å². The number of nitrogens with zero attached hydrogens (tertiary/aromatic N) is 4. The maximum atomic E-state index is 12.7. The van der Waals surface area contributed by atoms with Crippen LogP contribution in [0.2, 0.25) is 0 Å². The summed E-state index contributed by atoms with van der Waals surface area (Å²) in [5.41, 5.74) is 5.15. The van der Waals surface area contributed by atoms with Gasteiger partial charge in [0, 0.05) is 44.1 Å². The maximum Gasteiger partial charge on any atom is 0.254 e. The van der Waals surface area contributed by atoms with E-state index >= 15 is 0 Å². The Morgan fingerprint density at radius 1 is 1.07 bits per heavy atom. The van der Waals surface area contributed by atoms with Gasteiger partial charge >= 0.3 is 0 Å². The predicted molar refractivity (Wildman–Crippen MR) is 111 cm³/mol. The Morgan fingerprint density at radius 3 is 2.31 bits per heavy atom. The van der Waals surface area contributed by atoms with Crippen LogP contribution in [0.15, 0.2) is 58.8 Å². The van der Waals surface area contributed by atoms with E-state index in [0.29, 0.717) is 36.8 Å². The van der Waals surface area contributed by atoms with Crippen molar-refractivity contribution in [2.75, 3.05) is 32.7 Å². The molecular weight excluding hydrogens is 390 g/mol. The van der Waals surface area contributed by atoms with E-state index in [1.54, 1.807) is 36.7 Å². The molecule has 1 aliphatic heterocycles. The van der Waals surface area contributed by atoms with Gasteiger partial charge in [0.2, 0.25) is 10.0 Å². The first-order chi connectivity index (χ1) is 13.9. The van der Waals surface area contributed by atoms with Crippen LogP contribution < -0.4 is 5.43 Å². The molecule has 0 aliphatic carbocycles. The number of carbonyl (C=O) groups excluding carboxylic acids is 1. The second-order valence-electron chi connectivity index (χ2n) is 6.96. The number of hydrogen-bond donors (Lipinski definition) is 1. The Hall–Kier alpha value is -2.62. The van der Waals surface area contributed by atoms with Crippen molar-refractivity contribution in [1.82, 2.24) is 19.6 Å². The van der Waals surface area contributed by atoms with E-state index in [1.807, 2.05) is 30.9 Å². The fraction of sp³-hybridized carbons (Fsp3) is 0.350. The maximum absolute atomic E-state index is 12.7. The van der Waals surface area contributed by atoms with Gasteiger partial charge in [0.15, 0.2) is 0 Å². The van der Waals surface area contributed by atoms with Crippen molar-refractivity contribution in [3.8, 4) is 0 Å². The summed E-state index contributed by atoms with van der Waals surface area (Å²) in [6, 6.07) is 10.5. The molecule has 0 bridgehead atoms. The van der Waals surface area contributed by atoms with Crippen molar-refractivity contribution >= 4 is 21.6 Å². The molecule has 29 heavy (non-hydrogen) atoms. The fourth-order valence-corrected chi connectivity index (χ4v) is 4.45. The van der Waals surface area contributed by atoms with E-state index in [2.05, 4.69) is 15.5 Å². The minimum absolute atomic E-state index is 0.172. The van der Waals surface area contributed by atoms with Gasteiger partial charge in [0.25, 0.3) is 5.91 Å². The first-order valence-electron chi connectivity index (χ1n) is 9.39. The fourth-order valence-electron chi connectivity index (χ4n) is 3.03. The molecule has 0 spiro atoms. The van der Waals surface area contributed by atoms with Crippen molar-refractivity contribution in [3.63, 3.8) is 0 Å². The summed E-state index contributed by atoms with van der Waals surface area (Å²) in [6.45, 7) is 5.58. The summed E-state index contributed by atoms with van der Waals surface area (Å²) >= 11 is 0. The van der Waals surface area contributed by atoms with E-state index in [4.69, 9.17) is 0 Å². The third-order valence-electron chi connectivity index (χ3n) is 4.80.